The summed E-state index contributed by atoms with van der Waals surface area (Å²) < 4.78 is 5.06. The van der Waals surface area contributed by atoms with Crippen LogP contribution in [0.3, 0.4) is 0 Å². The molecule has 1 aliphatic rings. The molecule has 1 fully saturated rings. The van der Waals surface area contributed by atoms with Crippen LogP contribution in [0.15, 0.2) is 16.8 Å². The summed E-state index contributed by atoms with van der Waals surface area (Å²) in [5.41, 5.74) is 1.07. The van der Waals surface area contributed by atoms with Gasteiger partial charge in [0.1, 0.15) is 0 Å². The van der Waals surface area contributed by atoms with E-state index in [1.165, 1.54) is 6.92 Å². The molecule has 0 aliphatic carbocycles. The first-order chi connectivity index (χ1) is 9.58. The maximum absolute atomic E-state index is 11.9. The molecule has 6 nitrogen and oxygen atoms in total. The van der Waals surface area contributed by atoms with E-state index in [-0.39, 0.29) is 6.42 Å². The average molecular weight is 296 g/mol. The lowest BCUT2D eigenvalue weighted by molar-refractivity contribution is -0.157. The molecule has 0 saturated carbocycles. The number of rotatable bonds is 5. The second kappa shape index (κ2) is 6.51. The number of imide groups is 1. The van der Waals surface area contributed by atoms with Crippen LogP contribution in [-0.4, -0.2) is 42.0 Å². The van der Waals surface area contributed by atoms with Gasteiger partial charge in [0.25, 0.3) is 5.91 Å². The maximum Gasteiger partial charge on any atom is 0.324 e. The van der Waals surface area contributed by atoms with Gasteiger partial charge in [0.15, 0.2) is 6.10 Å². The highest BCUT2D eigenvalue weighted by Gasteiger charge is 2.31. The number of ether oxygens (including phenoxy) is 1. The Morgan fingerprint density at radius 1 is 1.55 bits per heavy atom. The molecule has 2 rings (SSSR count). The van der Waals surface area contributed by atoms with Crippen LogP contribution in [0.25, 0.3) is 0 Å². The number of urea groups is 1. The number of nitrogens with one attached hydrogen (secondary N) is 1. The molecule has 3 amide bonds. The third kappa shape index (κ3) is 3.57. The Balaban J connectivity index is 1.78. The van der Waals surface area contributed by atoms with Gasteiger partial charge in [-0.1, -0.05) is 0 Å². The van der Waals surface area contributed by atoms with Crippen molar-refractivity contribution >= 4 is 29.2 Å². The standard InChI is InChI=1S/C13H16N2O4S/c1-9(12(17)15-6-5-14-13(15)18)19-11(16)3-2-10-4-7-20-8-10/h4,7-9H,2-3,5-6H2,1H3,(H,14,18)/t9-/m1/s1. The van der Waals surface area contributed by atoms with Crippen LogP contribution in [0, 0.1) is 0 Å². The number of carbonyl (C=O) groups excluding carboxylic acids is 3. The molecule has 0 aromatic carbocycles. The summed E-state index contributed by atoms with van der Waals surface area (Å²) in [4.78, 5) is 36.0. The molecule has 1 aromatic rings. The minimum Gasteiger partial charge on any atom is -0.453 e. The first-order valence-electron chi connectivity index (χ1n) is 6.37. The zero-order valence-corrected chi connectivity index (χ0v) is 11.9. The molecular formula is C13H16N2O4S. The molecule has 0 radical (unpaired) electrons. The van der Waals surface area contributed by atoms with E-state index in [2.05, 4.69) is 5.32 Å². The van der Waals surface area contributed by atoms with E-state index < -0.39 is 24.0 Å². The Kier molecular flexibility index (Phi) is 4.73. The number of esters is 1. The van der Waals surface area contributed by atoms with Crippen molar-refractivity contribution in [3.63, 3.8) is 0 Å². The Bertz CT molecular complexity index is 500. The van der Waals surface area contributed by atoms with Crippen molar-refractivity contribution in [2.24, 2.45) is 0 Å². The third-order valence-electron chi connectivity index (χ3n) is 2.98. The zero-order chi connectivity index (χ0) is 14.5. The van der Waals surface area contributed by atoms with Crippen LogP contribution in [0.5, 0.6) is 0 Å². The van der Waals surface area contributed by atoms with E-state index >= 15 is 0 Å². The average Bonchev–Trinajstić information content (AvgIpc) is 3.06. The number of hydrogen-bond donors (Lipinski definition) is 1. The lowest BCUT2D eigenvalue weighted by atomic mass is 10.2. The van der Waals surface area contributed by atoms with E-state index in [1.807, 2.05) is 16.8 Å². The van der Waals surface area contributed by atoms with Crippen molar-refractivity contribution in [3.05, 3.63) is 22.4 Å². The summed E-state index contributed by atoms with van der Waals surface area (Å²) in [6.45, 7) is 2.23. The monoisotopic (exact) mass is 296 g/mol. The second-order valence-corrected chi connectivity index (χ2v) is 5.27. The predicted octanol–water partition coefficient (Wildman–Crippen LogP) is 1.16. The molecule has 7 heteroatoms. The van der Waals surface area contributed by atoms with Gasteiger partial charge in [0.05, 0.1) is 0 Å². The maximum atomic E-state index is 11.9. The second-order valence-electron chi connectivity index (χ2n) is 4.49. The van der Waals surface area contributed by atoms with Gasteiger partial charge in [0.2, 0.25) is 0 Å². The van der Waals surface area contributed by atoms with Gasteiger partial charge in [-0.15, -0.1) is 0 Å². The summed E-state index contributed by atoms with van der Waals surface area (Å²) >= 11 is 1.57. The molecule has 108 valence electrons. The highest BCUT2D eigenvalue weighted by atomic mass is 32.1. The lowest BCUT2D eigenvalue weighted by Crippen LogP contribution is -2.41. The Labute approximate surface area is 120 Å². The van der Waals surface area contributed by atoms with Crippen molar-refractivity contribution in [3.8, 4) is 0 Å². The largest absolute Gasteiger partial charge is 0.453 e. The minimum absolute atomic E-state index is 0.223. The zero-order valence-electron chi connectivity index (χ0n) is 11.1. The SMILES string of the molecule is C[C@@H](OC(=O)CCc1ccsc1)C(=O)N1CCNC1=O. The Hall–Kier alpha value is -1.89. The molecular weight excluding hydrogens is 280 g/mol. The number of amides is 3. The first kappa shape index (κ1) is 14.5. The fourth-order valence-electron chi connectivity index (χ4n) is 1.89. The molecule has 0 bridgehead atoms. The van der Waals surface area contributed by atoms with Gasteiger partial charge in [-0.25, -0.2) is 4.79 Å². The summed E-state index contributed by atoms with van der Waals surface area (Å²) in [6, 6.07) is 1.51. The lowest BCUT2D eigenvalue weighted by Gasteiger charge is -2.18. The van der Waals surface area contributed by atoms with Gasteiger partial charge in [-0.05, 0) is 35.7 Å². The highest BCUT2D eigenvalue weighted by Crippen LogP contribution is 2.10. The van der Waals surface area contributed by atoms with Gasteiger partial charge in [0, 0.05) is 19.5 Å². The molecule has 0 spiro atoms. The number of carbonyl (C=O) groups is 3. The summed E-state index contributed by atoms with van der Waals surface area (Å²) in [5.74, 6) is -0.916. The normalized spacial score (nSPS) is 15.8. The molecule has 1 aliphatic heterocycles. The topological polar surface area (TPSA) is 75.7 Å². The Morgan fingerprint density at radius 3 is 2.95 bits per heavy atom. The smallest absolute Gasteiger partial charge is 0.324 e. The summed E-state index contributed by atoms with van der Waals surface area (Å²) in [6.07, 6.45) is -0.123. The van der Waals surface area contributed by atoms with Gasteiger partial charge in [-0.3, -0.25) is 14.5 Å². The molecule has 2 heterocycles. The molecule has 1 aromatic heterocycles. The van der Waals surface area contributed by atoms with Crippen LogP contribution in [0.2, 0.25) is 0 Å². The quantitative estimate of drug-likeness (QED) is 0.827. The van der Waals surface area contributed by atoms with Crippen LogP contribution in [0.1, 0.15) is 18.9 Å². The fourth-order valence-corrected chi connectivity index (χ4v) is 2.59. The van der Waals surface area contributed by atoms with Crippen LogP contribution >= 0.6 is 11.3 Å². The molecule has 0 unspecified atom stereocenters. The van der Waals surface area contributed by atoms with Gasteiger partial charge in [-0.2, -0.15) is 11.3 Å². The van der Waals surface area contributed by atoms with Crippen molar-refractivity contribution < 1.29 is 19.1 Å². The fraction of sp³-hybridized carbons (Fsp3) is 0.462. The van der Waals surface area contributed by atoms with Crippen LogP contribution in [0.4, 0.5) is 4.79 Å². The van der Waals surface area contributed by atoms with E-state index in [1.54, 1.807) is 11.3 Å². The van der Waals surface area contributed by atoms with Crippen molar-refractivity contribution in [1.82, 2.24) is 10.2 Å². The third-order valence-corrected chi connectivity index (χ3v) is 3.71. The molecule has 20 heavy (non-hydrogen) atoms. The van der Waals surface area contributed by atoms with E-state index in [0.717, 1.165) is 10.5 Å². The van der Waals surface area contributed by atoms with Crippen molar-refractivity contribution in [2.45, 2.75) is 25.9 Å². The Morgan fingerprint density at radius 2 is 2.35 bits per heavy atom. The van der Waals surface area contributed by atoms with Crippen LogP contribution < -0.4 is 5.32 Å². The van der Waals surface area contributed by atoms with Gasteiger partial charge < -0.3 is 10.1 Å². The molecule has 1 N–H and O–H groups in total. The number of aryl methyl sites for hydroxylation is 1. The molecule has 1 saturated heterocycles. The highest BCUT2D eigenvalue weighted by molar-refractivity contribution is 7.07. The number of hydrogen-bond acceptors (Lipinski definition) is 5. The first-order valence-corrected chi connectivity index (χ1v) is 7.32. The number of thiophene rings is 1. The van der Waals surface area contributed by atoms with E-state index in [0.29, 0.717) is 19.5 Å². The molecule has 1 atom stereocenters. The van der Waals surface area contributed by atoms with Crippen molar-refractivity contribution in [1.29, 1.82) is 0 Å². The van der Waals surface area contributed by atoms with E-state index in [9.17, 15) is 14.4 Å². The van der Waals surface area contributed by atoms with Crippen molar-refractivity contribution in [2.75, 3.05) is 13.1 Å². The number of nitrogens with zero attached hydrogens (tertiary/aromatic N) is 1. The predicted molar refractivity (Wildman–Crippen MR) is 73.3 cm³/mol. The summed E-state index contributed by atoms with van der Waals surface area (Å²) in [7, 11) is 0. The van der Waals surface area contributed by atoms with Crippen LogP contribution in [-0.2, 0) is 20.7 Å². The minimum atomic E-state index is -0.936. The van der Waals surface area contributed by atoms with E-state index in [4.69, 9.17) is 4.74 Å². The summed E-state index contributed by atoms with van der Waals surface area (Å²) in [5, 5.41) is 6.44. The van der Waals surface area contributed by atoms with Gasteiger partial charge >= 0.3 is 12.0 Å².